The highest BCUT2D eigenvalue weighted by atomic mass is 127. The molecule has 2 saturated carbocycles. The van der Waals surface area contributed by atoms with E-state index in [-0.39, 0.29) is 37.4 Å². The maximum Gasteiger partial charge on any atom is 0.247 e. The molecule has 3 N–H and O–H groups in total. The van der Waals surface area contributed by atoms with E-state index in [1.54, 1.807) is 6.08 Å². The average molecular weight is 611 g/mol. The molecule has 4 rings (SSSR count). The number of nitrogens with one attached hydrogen (secondary N) is 1. The van der Waals surface area contributed by atoms with E-state index < -0.39 is 18.2 Å². The summed E-state index contributed by atoms with van der Waals surface area (Å²) in [6.45, 7) is -0.000770. The maximum atomic E-state index is 13.7. The van der Waals surface area contributed by atoms with E-state index in [0.29, 0.717) is 23.7 Å². The summed E-state index contributed by atoms with van der Waals surface area (Å²) in [5, 5.41) is 23.5. The Morgan fingerprint density at radius 1 is 1.08 bits per heavy atom. The summed E-state index contributed by atoms with van der Waals surface area (Å²) in [6.07, 6.45) is 10.5. The fourth-order valence-corrected chi connectivity index (χ4v) is 6.55. The zero-order valence-corrected chi connectivity index (χ0v) is 23.1. The lowest BCUT2D eigenvalue weighted by Gasteiger charge is -2.43. The first kappa shape index (κ1) is 27.4. The van der Waals surface area contributed by atoms with Gasteiger partial charge in [0.05, 0.1) is 16.2 Å². The van der Waals surface area contributed by atoms with Crippen molar-refractivity contribution in [2.75, 3.05) is 13.2 Å². The first-order chi connectivity index (χ1) is 17.5. The molecule has 0 radical (unpaired) electrons. The second kappa shape index (κ2) is 13.2. The first-order valence-electron chi connectivity index (χ1n) is 13.5. The van der Waals surface area contributed by atoms with Crippen molar-refractivity contribution in [1.29, 1.82) is 0 Å². The van der Waals surface area contributed by atoms with Gasteiger partial charge in [-0.2, -0.15) is 0 Å². The minimum Gasteiger partial charge on any atom is -0.482 e. The van der Waals surface area contributed by atoms with Crippen LogP contribution >= 0.6 is 22.6 Å². The molecule has 0 aromatic heterocycles. The van der Waals surface area contributed by atoms with Gasteiger partial charge in [-0.3, -0.25) is 9.59 Å². The van der Waals surface area contributed by atoms with E-state index in [1.165, 1.54) is 25.7 Å². The number of carbonyl (C=O) groups is 2. The van der Waals surface area contributed by atoms with Crippen LogP contribution in [-0.4, -0.2) is 64.4 Å². The van der Waals surface area contributed by atoms with E-state index >= 15 is 0 Å². The van der Waals surface area contributed by atoms with Crippen molar-refractivity contribution < 1.29 is 24.5 Å². The lowest BCUT2D eigenvalue weighted by atomic mass is 9.86. The van der Waals surface area contributed by atoms with Gasteiger partial charge in [0.2, 0.25) is 11.8 Å². The van der Waals surface area contributed by atoms with Crippen molar-refractivity contribution in [1.82, 2.24) is 10.2 Å². The number of aliphatic hydroxyl groups is 2. The lowest BCUT2D eigenvalue weighted by Crippen LogP contribution is -2.57. The highest BCUT2D eigenvalue weighted by Gasteiger charge is 2.43. The number of amides is 2. The summed E-state index contributed by atoms with van der Waals surface area (Å²) in [4.78, 5) is 28.6. The van der Waals surface area contributed by atoms with Crippen molar-refractivity contribution in [3.8, 4) is 5.75 Å². The molecule has 0 saturated heterocycles. The fraction of sp³-hybridized carbons (Fsp3) is 0.643. The Kier molecular flexibility index (Phi) is 10.1. The molecule has 1 aromatic rings. The Hall–Kier alpha value is -1.65. The first-order valence-corrected chi connectivity index (χ1v) is 14.6. The van der Waals surface area contributed by atoms with Gasteiger partial charge in [-0.25, -0.2) is 0 Å². The maximum absolute atomic E-state index is 13.7. The third kappa shape index (κ3) is 6.81. The van der Waals surface area contributed by atoms with Crippen LogP contribution in [0.3, 0.4) is 0 Å². The molecule has 0 spiro atoms. The summed E-state index contributed by atoms with van der Waals surface area (Å²) in [5.41, 5.74) is 0.487. The largest absolute Gasteiger partial charge is 0.482 e. The smallest absolute Gasteiger partial charge is 0.247 e. The zero-order chi connectivity index (χ0) is 25.5. The summed E-state index contributed by atoms with van der Waals surface area (Å²) < 4.78 is 7.15. The van der Waals surface area contributed by atoms with E-state index in [0.717, 1.165) is 35.7 Å². The van der Waals surface area contributed by atoms with Crippen LogP contribution in [0.5, 0.6) is 5.75 Å². The molecule has 1 aromatic carbocycles. The lowest BCUT2D eigenvalue weighted by molar-refractivity contribution is -0.142. The second-order valence-electron chi connectivity index (χ2n) is 10.4. The molecule has 2 amide bonds. The molecule has 36 heavy (non-hydrogen) atoms. The number of para-hydroxylation sites is 1. The predicted molar refractivity (Wildman–Crippen MR) is 146 cm³/mol. The highest BCUT2D eigenvalue weighted by molar-refractivity contribution is 14.1. The predicted octanol–water partition coefficient (Wildman–Crippen LogP) is 3.95. The number of aliphatic hydroxyl groups excluding tert-OH is 2. The molecule has 0 unspecified atom stereocenters. The van der Waals surface area contributed by atoms with Gasteiger partial charge in [-0.05, 0) is 66.0 Å². The van der Waals surface area contributed by atoms with Crippen molar-refractivity contribution in [3.05, 3.63) is 39.5 Å². The Bertz CT molecular complexity index is 926. The summed E-state index contributed by atoms with van der Waals surface area (Å²) >= 11 is 2.19. The summed E-state index contributed by atoms with van der Waals surface area (Å²) in [5.74, 6) is 1.05. The third-order valence-electron chi connectivity index (χ3n) is 7.92. The zero-order valence-electron chi connectivity index (χ0n) is 20.9. The van der Waals surface area contributed by atoms with E-state index in [2.05, 4.69) is 27.9 Å². The van der Waals surface area contributed by atoms with E-state index in [4.69, 9.17) is 4.74 Å². The number of hydrogen-bond donors (Lipinski definition) is 3. The SMILES string of the molecule is O=C(NCCO)C1=C[C@H](Oc2ccccc2I)[C@@H](O)[C@H](N(C(=O)CCC2CCCC2)C2CCCC2)C1. The Morgan fingerprint density at radius 2 is 1.78 bits per heavy atom. The molecule has 7 nitrogen and oxygen atoms in total. The van der Waals surface area contributed by atoms with Gasteiger partial charge >= 0.3 is 0 Å². The topological polar surface area (TPSA) is 99.1 Å². The molecular weight excluding hydrogens is 571 g/mol. The average Bonchev–Trinajstić information content (AvgIpc) is 3.59. The number of halogens is 1. The van der Waals surface area contributed by atoms with Crippen LogP contribution in [0.25, 0.3) is 0 Å². The molecule has 8 heteroatoms. The van der Waals surface area contributed by atoms with Crippen molar-refractivity contribution in [2.45, 2.75) is 94.9 Å². The molecule has 0 bridgehead atoms. The Balaban J connectivity index is 1.59. The second-order valence-corrected chi connectivity index (χ2v) is 11.5. The van der Waals surface area contributed by atoms with Crippen LogP contribution < -0.4 is 10.1 Å². The van der Waals surface area contributed by atoms with Crippen molar-refractivity contribution >= 4 is 34.4 Å². The third-order valence-corrected chi connectivity index (χ3v) is 8.81. The van der Waals surface area contributed by atoms with Crippen molar-refractivity contribution in [2.24, 2.45) is 5.92 Å². The number of ether oxygens (including phenoxy) is 1. The number of hydrogen-bond acceptors (Lipinski definition) is 5. The van der Waals surface area contributed by atoms with Gasteiger partial charge < -0.3 is 25.2 Å². The number of benzene rings is 1. The quantitative estimate of drug-likeness (QED) is 0.349. The molecule has 3 aliphatic rings. The number of nitrogens with zero attached hydrogens (tertiary/aromatic N) is 1. The van der Waals surface area contributed by atoms with Gasteiger partial charge in [-0.1, -0.05) is 50.7 Å². The normalized spacial score (nSPS) is 25.0. The molecule has 2 fully saturated rings. The standard InChI is InChI=1S/C28H39IN2O5/c29-22-11-5-6-12-24(22)36-25-18-20(28(35)30-15-16-32)17-23(27(25)34)31(21-9-3-4-10-21)26(33)14-13-19-7-1-2-8-19/h5-6,11-12,18-19,21,23,25,27,32,34H,1-4,7-10,13-17H2,(H,30,35)/t23-,25+,27+/m1/s1. The van der Waals surface area contributed by atoms with Crippen LogP contribution in [0.15, 0.2) is 35.9 Å². The van der Waals surface area contributed by atoms with E-state index in [1.807, 2.05) is 29.2 Å². The molecule has 198 valence electrons. The van der Waals surface area contributed by atoms with Crippen LogP contribution in [0, 0.1) is 9.49 Å². The van der Waals surface area contributed by atoms with Crippen LogP contribution in [0.4, 0.5) is 0 Å². The van der Waals surface area contributed by atoms with Gasteiger partial charge in [0.15, 0.2) is 0 Å². The van der Waals surface area contributed by atoms with Gasteiger partial charge in [0.1, 0.15) is 18.0 Å². The monoisotopic (exact) mass is 610 g/mol. The van der Waals surface area contributed by atoms with Crippen LogP contribution in [0.1, 0.15) is 70.6 Å². The molecular formula is C28H39IN2O5. The van der Waals surface area contributed by atoms with Crippen LogP contribution in [0.2, 0.25) is 0 Å². The summed E-state index contributed by atoms with van der Waals surface area (Å²) in [6, 6.07) is 7.12. The minimum absolute atomic E-state index is 0.0816. The van der Waals surface area contributed by atoms with Crippen molar-refractivity contribution in [3.63, 3.8) is 0 Å². The Labute approximate surface area is 227 Å². The molecule has 0 aliphatic heterocycles. The van der Waals surface area contributed by atoms with Gasteiger partial charge in [0, 0.05) is 31.0 Å². The molecule has 0 heterocycles. The fourth-order valence-electron chi connectivity index (χ4n) is 6.03. The minimum atomic E-state index is -0.952. The van der Waals surface area contributed by atoms with Gasteiger partial charge in [0.25, 0.3) is 0 Å². The van der Waals surface area contributed by atoms with Crippen LogP contribution in [-0.2, 0) is 9.59 Å². The number of carbonyl (C=O) groups excluding carboxylic acids is 2. The molecule has 3 aliphatic carbocycles. The number of rotatable bonds is 10. The highest BCUT2D eigenvalue weighted by Crippen LogP contribution is 2.35. The molecule has 3 atom stereocenters. The Morgan fingerprint density at radius 3 is 2.47 bits per heavy atom. The van der Waals surface area contributed by atoms with E-state index in [9.17, 15) is 19.8 Å². The van der Waals surface area contributed by atoms with Gasteiger partial charge in [-0.15, -0.1) is 0 Å². The summed E-state index contributed by atoms with van der Waals surface area (Å²) in [7, 11) is 0.